The van der Waals surface area contributed by atoms with Gasteiger partial charge in [-0.25, -0.2) is 0 Å². The molecule has 0 aliphatic rings. The minimum atomic E-state index is 0.0593. The summed E-state index contributed by atoms with van der Waals surface area (Å²) in [6.45, 7) is 3.38. The Balaban J connectivity index is 2.09. The number of hydrogen-bond donors (Lipinski definition) is 1. The maximum Gasteiger partial charge on any atom is 0.108 e. The third-order valence-corrected chi connectivity index (χ3v) is 2.71. The Kier molecular flexibility index (Phi) is 4.35. The zero-order chi connectivity index (χ0) is 13.5. The van der Waals surface area contributed by atoms with E-state index >= 15 is 0 Å². The lowest BCUT2D eigenvalue weighted by molar-refractivity contribution is 0.435. The Morgan fingerprint density at radius 1 is 0.842 bits per heavy atom. The zero-order valence-electron chi connectivity index (χ0n) is 10.7. The van der Waals surface area contributed by atoms with Crippen LogP contribution in [0.1, 0.15) is 5.56 Å². The smallest absolute Gasteiger partial charge is 0.108 e. The van der Waals surface area contributed by atoms with E-state index in [2.05, 4.69) is 43.0 Å². The average Bonchev–Trinajstić information content (AvgIpc) is 2.45. The molecule has 0 bridgehead atoms. The molecule has 2 aromatic rings. The SMILES string of the molecule is C=C(O)/C=C/C=C/c1ccc(-c2ccccc2)cc1. The lowest BCUT2D eigenvalue weighted by atomic mass is 10.0. The van der Waals surface area contributed by atoms with Gasteiger partial charge in [0.2, 0.25) is 0 Å². The highest BCUT2D eigenvalue weighted by Crippen LogP contribution is 2.19. The molecule has 0 aliphatic carbocycles. The van der Waals surface area contributed by atoms with Crippen LogP contribution in [0.3, 0.4) is 0 Å². The van der Waals surface area contributed by atoms with Gasteiger partial charge in [0, 0.05) is 0 Å². The third kappa shape index (κ3) is 4.00. The molecule has 0 heterocycles. The van der Waals surface area contributed by atoms with Crippen molar-refractivity contribution in [1.29, 1.82) is 0 Å². The Morgan fingerprint density at radius 2 is 1.47 bits per heavy atom. The first-order valence-electron chi connectivity index (χ1n) is 6.14. The molecule has 0 saturated carbocycles. The highest BCUT2D eigenvalue weighted by Gasteiger charge is 1.95. The molecule has 0 unspecified atom stereocenters. The maximum atomic E-state index is 8.90. The molecule has 0 fully saturated rings. The second-order valence-corrected chi connectivity index (χ2v) is 4.20. The van der Waals surface area contributed by atoms with Crippen LogP contribution in [0.25, 0.3) is 17.2 Å². The van der Waals surface area contributed by atoms with Gasteiger partial charge < -0.3 is 5.11 Å². The molecule has 2 aromatic carbocycles. The zero-order valence-corrected chi connectivity index (χ0v) is 10.7. The van der Waals surface area contributed by atoms with Crippen molar-refractivity contribution in [2.24, 2.45) is 0 Å². The second kappa shape index (κ2) is 6.41. The molecule has 0 atom stereocenters. The van der Waals surface area contributed by atoms with E-state index < -0.39 is 0 Å². The fraction of sp³-hybridized carbons (Fsp3) is 0. The van der Waals surface area contributed by atoms with Crippen LogP contribution < -0.4 is 0 Å². The summed E-state index contributed by atoms with van der Waals surface area (Å²) >= 11 is 0. The quantitative estimate of drug-likeness (QED) is 0.596. The van der Waals surface area contributed by atoms with Crippen molar-refractivity contribution in [2.45, 2.75) is 0 Å². The van der Waals surface area contributed by atoms with E-state index in [1.807, 2.05) is 30.4 Å². The molecule has 1 N–H and O–H groups in total. The summed E-state index contributed by atoms with van der Waals surface area (Å²) in [5.41, 5.74) is 3.54. The van der Waals surface area contributed by atoms with Crippen LogP contribution >= 0.6 is 0 Å². The van der Waals surface area contributed by atoms with Crippen molar-refractivity contribution in [3.05, 3.63) is 90.7 Å². The minimum Gasteiger partial charge on any atom is -0.509 e. The summed E-state index contributed by atoms with van der Waals surface area (Å²) in [5.74, 6) is 0.0593. The maximum absolute atomic E-state index is 8.90. The van der Waals surface area contributed by atoms with Crippen molar-refractivity contribution in [2.75, 3.05) is 0 Å². The van der Waals surface area contributed by atoms with Gasteiger partial charge in [-0.2, -0.15) is 0 Å². The molecule has 0 radical (unpaired) electrons. The van der Waals surface area contributed by atoms with Gasteiger partial charge in [0.15, 0.2) is 0 Å². The van der Waals surface area contributed by atoms with Crippen molar-refractivity contribution >= 4 is 6.08 Å². The summed E-state index contributed by atoms with van der Waals surface area (Å²) in [6, 6.07) is 18.6. The molecule has 0 aliphatic heterocycles. The molecule has 0 saturated heterocycles. The van der Waals surface area contributed by atoms with Crippen molar-refractivity contribution in [3.63, 3.8) is 0 Å². The number of aliphatic hydroxyl groups excluding tert-OH is 1. The van der Waals surface area contributed by atoms with Crippen molar-refractivity contribution < 1.29 is 5.11 Å². The normalized spacial score (nSPS) is 11.2. The molecule has 0 spiro atoms. The number of aliphatic hydroxyl groups is 1. The van der Waals surface area contributed by atoms with Crippen LogP contribution in [-0.4, -0.2) is 5.11 Å². The average molecular weight is 248 g/mol. The van der Waals surface area contributed by atoms with E-state index in [1.165, 1.54) is 11.1 Å². The van der Waals surface area contributed by atoms with Gasteiger partial charge in [0.1, 0.15) is 5.76 Å². The molecule has 94 valence electrons. The predicted octanol–water partition coefficient (Wildman–Crippen LogP) is 4.99. The van der Waals surface area contributed by atoms with Crippen molar-refractivity contribution in [3.8, 4) is 11.1 Å². The summed E-state index contributed by atoms with van der Waals surface area (Å²) in [4.78, 5) is 0. The van der Waals surface area contributed by atoms with Gasteiger partial charge in [-0.15, -0.1) is 0 Å². The van der Waals surface area contributed by atoms with Crippen LogP contribution in [0.5, 0.6) is 0 Å². The minimum absolute atomic E-state index is 0.0593. The first-order chi connectivity index (χ1) is 9.25. The highest BCUT2D eigenvalue weighted by molar-refractivity contribution is 5.65. The first kappa shape index (κ1) is 12.9. The Hall–Kier alpha value is -2.54. The molecule has 19 heavy (non-hydrogen) atoms. The predicted molar refractivity (Wildman–Crippen MR) is 81.8 cm³/mol. The van der Waals surface area contributed by atoms with E-state index in [4.69, 9.17) is 5.11 Å². The van der Waals surface area contributed by atoms with Gasteiger partial charge in [-0.3, -0.25) is 0 Å². The first-order valence-corrected chi connectivity index (χ1v) is 6.14. The van der Waals surface area contributed by atoms with E-state index in [-0.39, 0.29) is 5.76 Å². The molecule has 1 nitrogen and oxygen atoms in total. The van der Waals surface area contributed by atoms with Crippen LogP contribution in [-0.2, 0) is 0 Å². The lowest BCUT2D eigenvalue weighted by Crippen LogP contribution is -1.77. The fourth-order valence-corrected chi connectivity index (χ4v) is 1.75. The van der Waals surface area contributed by atoms with Crippen molar-refractivity contribution in [1.82, 2.24) is 0 Å². The molecular weight excluding hydrogens is 232 g/mol. The largest absolute Gasteiger partial charge is 0.509 e. The highest BCUT2D eigenvalue weighted by atomic mass is 16.3. The number of allylic oxidation sites excluding steroid dienone is 3. The van der Waals surface area contributed by atoms with E-state index in [0.29, 0.717) is 0 Å². The lowest BCUT2D eigenvalue weighted by Gasteiger charge is -2.01. The summed E-state index contributed by atoms with van der Waals surface area (Å²) in [7, 11) is 0. The fourth-order valence-electron chi connectivity index (χ4n) is 1.75. The number of benzene rings is 2. The standard InChI is InChI=1S/C18H16O/c1-15(19)7-5-6-8-16-11-13-18(14-12-16)17-9-3-2-4-10-17/h2-14,19H,1H2/b7-5+,8-6+. The van der Waals surface area contributed by atoms with Crippen LogP contribution in [0.15, 0.2) is 85.2 Å². The monoisotopic (exact) mass is 248 g/mol. The van der Waals surface area contributed by atoms with E-state index in [0.717, 1.165) is 5.56 Å². The summed E-state index contributed by atoms with van der Waals surface area (Å²) < 4.78 is 0. The Bertz CT molecular complexity index is 589. The number of rotatable bonds is 4. The summed E-state index contributed by atoms with van der Waals surface area (Å²) in [6.07, 6.45) is 7.16. The molecule has 1 heteroatoms. The second-order valence-electron chi connectivity index (χ2n) is 4.20. The van der Waals surface area contributed by atoms with Gasteiger partial charge in [-0.05, 0) is 22.8 Å². The number of hydrogen-bond acceptors (Lipinski definition) is 1. The van der Waals surface area contributed by atoms with Gasteiger partial charge in [0.25, 0.3) is 0 Å². The molecule has 0 aromatic heterocycles. The van der Waals surface area contributed by atoms with E-state index in [9.17, 15) is 0 Å². The van der Waals surface area contributed by atoms with Gasteiger partial charge in [-0.1, -0.05) is 79.4 Å². The topological polar surface area (TPSA) is 20.2 Å². The Morgan fingerprint density at radius 3 is 2.11 bits per heavy atom. The molecule has 2 rings (SSSR count). The van der Waals surface area contributed by atoms with Gasteiger partial charge >= 0.3 is 0 Å². The van der Waals surface area contributed by atoms with Crippen LogP contribution in [0.4, 0.5) is 0 Å². The summed E-state index contributed by atoms with van der Waals surface area (Å²) in [5, 5.41) is 8.90. The third-order valence-electron chi connectivity index (χ3n) is 2.71. The van der Waals surface area contributed by atoms with Gasteiger partial charge in [0.05, 0.1) is 0 Å². The van der Waals surface area contributed by atoms with Crippen LogP contribution in [0.2, 0.25) is 0 Å². The van der Waals surface area contributed by atoms with E-state index in [1.54, 1.807) is 12.2 Å². The molecular formula is C18H16O. The Labute approximate surface area is 113 Å². The molecule has 0 amide bonds. The van der Waals surface area contributed by atoms with Crippen LogP contribution in [0, 0.1) is 0 Å².